The molecule has 0 aromatic heterocycles. The minimum atomic E-state index is -0.540. The van der Waals surface area contributed by atoms with E-state index in [1.165, 1.54) is 21.7 Å². The van der Waals surface area contributed by atoms with Crippen molar-refractivity contribution in [2.24, 2.45) is 11.5 Å². The Morgan fingerprint density at radius 1 is 0.600 bits per heavy atom. The molecule has 214 valence electrons. The fourth-order valence-electron chi connectivity index (χ4n) is 4.13. The Morgan fingerprint density at radius 2 is 0.925 bits per heavy atom. The summed E-state index contributed by atoms with van der Waals surface area (Å²) in [4.78, 5) is 0. The van der Waals surface area contributed by atoms with Gasteiger partial charge >= 0.3 is 34.5 Å². The Kier molecular flexibility index (Phi) is 15.9. The number of ether oxygens (including phenoxy) is 1. The molecule has 0 heterocycles. The van der Waals surface area contributed by atoms with Crippen LogP contribution < -0.4 is 26.8 Å². The zero-order valence-corrected chi connectivity index (χ0v) is 29.3. The van der Waals surface area contributed by atoms with Gasteiger partial charge in [0, 0.05) is 27.9 Å². The molecule has 8 heteroatoms. The fraction of sp³-hybridized carbons (Fsp3) is 0.250. The Morgan fingerprint density at radius 3 is 1.23 bits per heavy atom. The van der Waals surface area contributed by atoms with Gasteiger partial charge in [-0.3, -0.25) is 0 Å². The van der Waals surface area contributed by atoms with Crippen LogP contribution in [0, 0.1) is 13.8 Å². The molecule has 4 aromatic rings. The minimum absolute atomic E-state index is 0.163. The van der Waals surface area contributed by atoms with Gasteiger partial charge in [-0.2, -0.15) is 0 Å². The maximum atomic E-state index is 6.32. The summed E-state index contributed by atoms with van der Waals surface area (Å²) in [6.07, 6.45) is 0. The topological polar surface area (TPSA) is 61.3 Å². The molecule has 4 rings (SSSR count). The summed E-state index contributed by atoms with van der Waals surface area (Å²) < 4.78 is 6.32. The predicted octanol–water partition coefficient (Wildman–Crippen LogP) is 8.06. The van der Waals surface area contributed by atoms with E-state index in [1.54, 1.807) is 0 Å². The van der Waals surface area contributed by atoms with Crippen molar-refractivity contribution >= 4 is 45.8 Å². The molecule has 0 fully saturated rings. The molecule has 4 aromatic carbocycles. The molecule has 0 spiro atoms. The number of rotatable bonds is 7. The molecule has 0 saturated heterocycles. The van der Waals surface area contributed by atoms with E-state index in [2.05, 4.69) is 76.9 Å². The van der Waals surface area contributed by atoms with Crippen LogP contribution >= 0.6 is 35.2 Å². The summed E-state index contributed by atoms with van der Waals surface area (Å²) in [6, 6.07) is 32.7. The van der Waals surface area contributed by atoms with E-state index in [4.69, 9.17) is 35.6 Å². The molecular weight excluding hydrogens is 662 g/mol. The Hall–Kier alpha value is -1.34. The van der Waals surface area contributed by atoms with Gasteiger partial charge in [-0.15, -0.1) is 0 Å². The van der Waals surface area contributed by atoms with Crippen molar-refractivity contribution in [2.45, 2.75) is 25.9 Å². The van der Waals surface area contributed by atoms with Gasteiger partial charge < -0.3 is 16.2 Å². The maximum absolute atomic E-state index is 6.32. The van der Waals surface area contributed by atoms with Gasteiger partial charge in [0.2, 0.25) is 0 Å². The molecule has 40 heavy (non-hydrogen) atoms. The van der Waals surface area contributed by atoms with Crippen molar-refractivity contribution in [1.29, 1.82) is 0 Å². The van der Waals surface area contributed by atoms with Crippen LogP contribution in [0.1, 0.15) is 34.3 Å². The molecule has 0 aliphatic heterocycles. The molecule has 0 radical (unpaired) electrons. The predicted molar refractivity (Wildman–Crippen MR) is 180 cm³/mol. The van der Waals surface area contributed by atoms with Crippen LogP contribution in [-0.2, 0) is 15.1 Å². The van der Waals surface area contributed by atoms with Gasteiger partial charge in [-0.1, -0.05) is 72.8 Å². The number of benzene rings is 4. The van der Waals surface area contributed by atoms with Crippen LogP contribution in [0.25, 0.3) is 0 Å². The molecule has 0 aliphatic carbocycles. The molecule has 0 aliphatic rings. The third kappa shape index (κ3) is 11.2. The second-order valence-electron chi connectivity index (χ2n) is 10.0. The van der Waals surface area contributed by atoms with E-state index < -0.39 is 15.8 Å². The summed E-state index contributed by atoms with van der Waals surface area (Å²) >= 11 is -0.346. The zero-order valence-electron chi connectivity index (χ0n) is 24.1. The molecule has 2 atom stereocenters. The van der Waals surface area contributed by atoms with Crippen LogP contribution in [0.15, 0.2) is 97.1 Å². The molecular formula is C32H42Cl2N2OP2Ru+4. The Bertz CT molecular complexity index is 1200. The molecule has 0 bridgehead atoms. The second kappa shape index (κ2) is 18.3. The van der Waals surface area contributed by atoms with Crippen LogP contribution in [0.3, 0.4) is 0 Å². The molecule has 3 nitrogen and oxygen atoms in total. The standard InChI is InChI=1S/C18H24OP2.C14H16N2.2ClH.Ru/c1-13-7-9-15(17(11-13)20(3)4)19-16-10-8-14(2)12-18(16)21(5)6;15-13(11-7-3-1-4-8-11)14(16)12-9-5-2-6-10-12;;;/h7-12H,1-6H3;1-10,13-14H,15-16H2;2*1H;/q;;;;+4. The third-order valence-corrected chi connectivity index (χ3v) is 9.26. The molecule has 2 unspecified atom stereocenters. The van der Waals surface area contributed by atoms with E-state index in [9.17, 15) is 0 Å². The van der Waals surface area contributed by atoms with Gasteiger partial charge in [0.1, 0.15) is 10.6 Å². The van der Waals surface area contributed by atoms with E-state index in [1.807, 2.05) is 60.7 Å². The molecule has 4 N–H and O–H groups in total. The van der Waals surface area contributed by atoms with Gasteiger partial charge in [-0.05, 0) is 60.4 Å². The van der Waals surface area contributed by atoms with Crippen LogP contribution in [0.4, 0.5) is 0 Å². The quantitative estimate of drug-likeness (QED) is 0.151. The first-order valence-corrected chi connectivity index (χ1v) is 22.5. The SMILES string of the molecule is Cc1ccc(Oc2ccc(C)cc2[PH+](C)C)c([PH+](C)C)c1.NC(c1ccccc1)C(N)c1ccccc1.[Cl][Ru+2][Cl]. The Balaban J connectivity index is 0.000000262. The Labute approximate surface area is 259 Å². The van der Waals surface area contributed by atoms with Gasteiger partial charge in [0.15, 0.2) is 11.5 Å². The van der Waals surface area contributed by atoms with E-state index in [0.717, 1.165) is 22.6 Å². The first kappa shape index (κ1) is 34.9. The van der Waals surface area contributed by atoms with E-state index in [0.29, 0.717) is 0 Å². The first-order chi connectivity index (χ1) is 19.1. The first-order valence-electron chi connectivity index (χ1n) is 13.1. The number of nitrogens with two attached hydrogens (primary N) is 2. The van der Waals surface area contributed by atoms with Crippen LogP contribution in [0.2, 0.25) is 0 Å². The number of halogens is 2. The number of hydrogen-bond acceptors (Lipinski definition) is 3. The van der Waals surface area contributed by atoms with Gasteiger partial charge in [-0.25, -0.2) is 0 Å². The number of aryl methyl sites for hydroxylation is 2. The third-order valence-electron chi connectivity index (χ3n) is 6.32. The average Bonchev–Trinajstić information content (AvgIpc) is 2.95. The zero-order chi connectivity index (χ0) is 29.7. The van der Waals surface area contributed by atoms with E-state index >= 15 is 0 Å². The fourth-order valence-corrected chi connectivity index (χ4v) is 6.42. The molecule has 0 amide bonds. The van der Waals surface area contributed by atoms with Crippen LogP contribution in [0.5, 0.6) is 11.5 Å². The van der Waals surface area contributed by atoms with E-state index in [-0.39, 0.29) is 27.2 Å². The normalized spacial score (nSPS) is 12.1. The summed E-state index contributed by atoms with van der Waals surface area (Å²) in [5, 5.41) is 2.76. The van der Waals surface area contributed by atoms with Crippen molar-refractivity contribution in [3.8, 4) is 11.5 Å². The summed E-state index contributed by atoms with van der Waals surface area (Å²) in [5.74, 6) is 2.07. The van der Waals surface area contributed by atoms with Gasteiger partial charge in [0.05, 0.1) is 26.7 Å². The molecule has 0 saturated carbocycles. The number of hydrogen-bond donors (Lipinski definition) is 2. The summed E-state index contributed by atoms with van der Waals surface area (Å²) in [5.41, 5.74) is 17.0. The average molecular weight is 705 g/mol. The van der Waals surface area contributed by atoms with Crippen LogP contribution in [-0.4, -0.2) is 26.7 Å². The van der Waals surface area contributed by atoms with Crippen molar-refractivity contribution in [2.75, 3.05) is 26.7 Å². The van der Waals surface area contributed by atoms with Crippen molar-refractivity contribution in [1.82, 2.24) is 0 Å². The van der Waals surface area contributed by atoms with Gasteiger partial charge in [0.25, 0.3) is 0 Å². The summed E-state index contributed by atoms with van der Waals surface area (Å²) in [6.45, 7) is 13.6. The summed E-state index contributed by atoms with van der Waals surface area (Å²) in [7, 11) is 8.63. The second-order valence-corrected chi connectivity index (χ2v) is 17.7. The van der Waals surface area contributed by atoms with Crippen molar-refractivity contribution < 1.29 is 19.9 Å². The monoisotopic (exact) mass is 704 g/mol. The van der Waals surface area contributed by atoms with Crippen molar-refractivity contribution in [3.63, 3.8) is 0 Å². The van der Waals surface area contributed by atoms with Crippen molar-refractivity contribution in [3.05, 3.63) is 119 Å².